The molecule has 0 unspecified atom stereocenters. The molecule has 1 aliphatic heterocycles. The van der Waals surface area contributed by atoms with Crippen LogP contribution in [0, 0.1) is 0 Å². The molecular weight excluding hydrogens is 324 g/mol. The van der Waals surface area contributed by atoms with Crippen LogP contribution in [0.5, 0.6) is 0 Å². The quantitative estimate of drug-likeness (QED) is 0.792. The fraction of sp³-hybridized carbons (Fsp3) is 0.312. The summed E-state index contributed by atoms with van der Waals surface area (Å²) in [5, 5.41) is 5.33. The zero-order chi connectivity index (χ0) is 16.4. The van der Waals surface area contributed by atoms with Crippen LogP contribution < -0.4 is 5.32 Å². The molecule has 2 amide bonds. The average Bonchev–Trinajstić information content (AvgIpc) is 3.24. The predicted octanol–water partition coefficient (Wildman–Crippen LogP) is 2.14. The minimum Gasteiger partial charge on any atom is -0.322 e. The normalized spacial score (nSPS) is 15.8. The number of hydrogen-bond acceptors (Lipinski definition) is 5. The molecule has 1 N–H and O–H groups in total. The Bertz CT molecular complexity index is 789. The Morgan fingerprint density at radius 3 is 2.88 bits per heavy atom. The van der Waals surface area contributed by atoms with Gasteiger partial charge in [-0.1, -0.05) is 6.07 Å². The lowest BCUT2D eigenvalue weighted by atomic mass is 10.3. The minimum atomic E-state index is -0.0719. The van der Waals surface area contributed by atoms with Gasteiger partial charge in [0.25, 0.3) is 0 Å². The van der Waals surface area contributed by atoms with E-state index in [4.69, 9.17) is 0 Å². The molecule has 0 aromatic carbocycles. The van der Waals surface area contributed by atoms with Gasteiger partial charge in [0, 0.05) is 56.7 Å². The first kappa shape index (κ1) is 15.1. The van der Waals surface area contributed by atoms with E-state index < -0.39 is 0 Å². The molecule has 0 radical (unpaired) electrons. The van der Waals surface area contributed by atoms with Crippen molar-refractivity contribution in [1.82, 2.24) is 24.2 Å². The van der Waals surface area contributed by atoms with Crippen molar-refractivity contribution in [2.45, 2.75) is 6.54 Å². The van der Waals surface area contributed by atoms with Crippen molar-refractivity contribution in [3.8, 4) is 0 Å². The summed E-state index contributed by atoms with van der Waals surface area (Å²) in [4.78, 5) is 25.1. The predicted molar refractivity (Wildman–Crippen MR) is 93.2 cm³/mol. The molecule has 1 saturated heterocycles. The monoisotopic (exact) mass is 342 g/mol. The van der Waals surface area contributed by atoms with Crippen molar-refractivity contribution in [2.24, 2.45) is 0 Å². The maximum Gasteiger partial charge on any atom is 0.323 e. The molecule has 7 nitrogen and oxygen atoms in total. The van der Waals surface area contributed by atoms with Crippen LogP contribution in [-0.4, -0.2) is 56.4 Å². The molecule has 0 spiro atoms. The number of imidazole rings is 1. The number of pyridine rings is 1. The standard InChI is InChI=1S/C16H18N6OS/c23-16(19-15-17-4-10-24-15)21-8-6-20(7-9-21)11-13-12-22-5-2-1-3-14(22)18-13/h1-5,10,12H,6-9,11H2,(H,17,19,23). The molecule has 4 heterocycles. The van der Waals surface area contributed by atoms with Crippen LogP contribution in [0.3, 0.4) is 0 Å². The lowest BCUT2D eigenvalue weighted by Crippen LogP contribution is -2.49. The van der Waals surface area contributed by atoms with Gasteiger partial charge >= 0.3 is 6.03 Å². The van der Waals surface area contributed by atoms with Gasteiger partial charge in [0.15, 0.2) is 5.13 Å². The van der Waals surface area contributed by atoms with E-state index in [9.17, 15) is 4.79 Å². The first-order chi connectivity index (χ1) is 11.8. The van der Waals surface area contributed by atoms with E-state index in [1.165, 1.54) is 11.3 Å². The SMILES string of the molecule is O=C(Nc1nccs1)N1CCN(Cc2cn3ccccc3n2)CC1. The highest BCUT2D eigenvalue weighted by molar-refractivity contribution is 7.13. The summed E-state index contributed by atoms with van der Waals surface area (Å²) in [6.07, 6.45) is 5.76. The van der Waals surface area contributed by atoms with Crippen LogP contribution in [0.1, 0.15) is 5.69 Å². The highest BCUT2D eigenvalue weighted by Gasteiger charge is 2.22. The van der Waals surface area contributed by atoms with Gasteiger partial charge in [-0.15, -0.1) is 11.3 Å². The lowest BCUT2D eigenvalue weighted by molar-refractivity contribution is 0.142. The first-order valence-electron chi connectivity index (χ1n) is 7.88. The van der Waals surface area contributed by atoms with Gasteiger partial charge in [-0.25, -0.2) is 14.8 Å². The van der Waals surface area contributed by atoms with Gasteiger partial charge in [-0.05, 0) is 12.1 Å². The summed E-state index contributed by atoms with van der Waals surface area (Å²) in [5.41, 5.74) is 2.02. The number of aromatic nitrogens is 3. The maximum atomic E-state index is 12.2. The number of carbonyl (C=O) groups is 1. The Morgan fingerprint density at radius 2 is 2.12 bits per heavy atom. The van der Waals surface area contributed by atoms with Gasteiger partial charge in [-0.2, -0.15) is 0 Å². The van der Waals surface area contributed by atoms with Crippen LogP contribution in [-0.2, 0) is 6.54 Å². The van der Waals surface area contributed by atoms with Gasteiger partial charge in [0.1, 0.15) is 5.65 Å². The smallest absolute Gasteiger partial charge is 0.322 e. The Hall–Kier alpha value is -2.45. The van der Waals surface area contributed by atoms with Crippen LogP contribution in [0.25, 0.3) is 5.65 Å². The van der Waals surface area contributed by atoms with Crippen molar-refractivity contribution in [2.75, 3.05) is 31.5 Å². The van der Waals surface area contributed by atoms with Crippen LogP contribution in [0.2, 0.25) is 0 Å². The topological polar surface area (TPSA) is 65.8 Å². The van der Waals surface area contributed by atoms with Crippen LogP contribution >= 0.6 is 11.3 Å². The van der Waals surface area contributed by atoms with Crippen molar-refractivity contribution in [3.05, 3.63) is 47.9 Å². The van der Waals surface area contributed by atoms with Crippen molar-refractivity contribution in [3.63, 3.8) is 0 Å². The number of anilines is 1. The molecule has 4 rings (SSSR count). The van der Waals surface area contributed by atoms with Crippen molar-refractivity contribution in [1.29, 1.82) is 0 Å². The second-order valence-corrected chi connectivity index (χ2v) is 6.62. The van der Waals surface area contributed by atoms with Gasteiger partial charge in [-0.3, -0.25) is 10.2 Å². The molecule has 0 atom stereocenters. The zero-order valence-corrected chi connectivity index (χ0v) is 13.9. The first-order valence-corrected chi connectivity index (χ1v) is 8.76. The maximum absolute atomic E-state index is 12.2. The van der Waals surface area contributed by atoms with Gasteiger partial charge in [0.2, 0.25) is 0 Å². The number of thiazole rings is 1. The second kappa shape index (κ2) is 6.58. The fourth-order valence-electron chi connectivity index (χ4n) is 2.86. The Balaban J connectivity index is 1.31. The molecule has 3 aromatic rings. The zero-order valence-electron chi connectivity index (χ0n) is 13.1. The number of nitrogens with zero attached hydrogens (tertiary/aromatic N) is 5. The summed E-state index contributed by atoms with van der Waals surface area (Å²) in [5.74, 6) is 0. The summed E-state index contributed by atoms with van der Waals surface area (Å²) in [6.45, 7) is 3.93. The summed E-state index contributed by atoms with van der Waals surface area (Å²) >= 11 is 1.43. The number of carbonyl (C=O) groups excluding carboxylic acids is 1. The largest absolute Gasteiger partial charge is 0.323 e. The third kappa shape index (κ3) is 3.24. The summed E-state index contributed by atoms with van der Waals surface area (Å²) in [6, 6.07) is 5.92. The molecule has 0 saturated carbocycles. The van der Waals surface area contributed by atoms with E-state index >= 15 is 0 Å². The molecular formula is C16H18N6OS. The summed E-state index contributed by atoms with van der Waals surface area (Å²) in [7, 11) is 0. The van der Waals surface area contributed by atoms with E-state index in [-0.39, 0.29) is 6.03 Å². The van der Waals surface area contributed by atoms with Gasteiger partial charge in [0.05, 0.1) is 5.69 Å². The molecule has 1 fully saturated rings. The number of rotatable bonds is 3. The molecule has 24 heavy (non-hydrogen) atoms. The number of amides is 2. The third-order valence-corrected chi connectivity index (χ3v) is 4.79. The van der Waals surface area contributed by atoms with E-state index in [0.29, 0.717) is 18.2 Å². The van der Waals surface area contributed by atoms with E-state index in [0.717, 1.165) is 31.0 Å². The molecule has 1 aliphatic rings. The number of nitrogens with one attached hydrogen (secondary N) is 1. The van der Waals surface area contributed by atoms with Crippen LogP contribution in [0.4, 0.5) is 9.93 Å². The Morgan fingerprint density at radius 1 is 1.25 bits per heavy atom. The molecule has 3 aromatic heterocycles. The van der Waals surface area contributed by atoms with E-state index in [1.54, 1.807) is 6.20 Å². The number of piperazine rings is 1. The fourth-order valence-corrected chi connectivity index (χ4v) is 3.38. The van der Waals surface area contributed by atoms with E-state index in [1.807, 2.05) is 39.1 Å². The van der Waals surface area contributed by atoms with E-state index in [2.05, 4.69) is 26.4 Å². The number of urea groups is 1. The second-order valence-electron chi connectivity index (χ2n) is 5.73. The molecule has 124 valence electrons. The van der Waals surface area contributed by atoms with Crippen molar-refractivity contribution < 1.29 is 4.79 Å². The van der Waals surface area contributed by atoms with Crippen molar-refractivity contribution >= 4 is 28.1 Å². The minimum absolute atomic E-state index is 0.0719. The lowest BCUT2D eigenvalue weighted by Gasteiger charge is -2.34. The Kier molecular flexibility index (Phi) is 4.14. The highest BCUT2D eigenvalue weighted by Crippen LogP contribution is 2.13. The number of fused-ring (bicyclic) bond motifs is 1. The Labute approximate surface area is 143 Å². The molecule has 8 heteroatoms. The highest BCUT2D eigenvalue weighted by atomic mass is 32.1. The summed E-state index contributed by atoms with van der Waals surface area (Å²) < 4.78 is 2.03. The van der Waals surface area contributed by atoms with Gasteiger partial charge < -0.3 is 9.30 Å². The number of hydrogen-bond donors (Lipinski definition) is 1. The average molecular weight is 342 g/mol. The van der Waals surface area contributed by atoms with Crippen LogP contribution in [0.15, 0.2) is 42.2 Å². The molecule has 0 bridgehead atoms. The third-order valence-electron chi connectivity index (χ3n) is 4.11. The molecule has 0 aliphatic carbocycles.